The summed E-state index contributed by atoms with van der Waals surface area (Å²) in [4.78, 5) is 0. The second-order valence-electron chi connectivity index (χ2n) is 4.53. The monoisotopic (exact) mass is 293 g/mol. The first kappa shape index (κ1) is 13.4. The maximum absolute atomic E-state index is 13.0. The molecule has 0 saturated heterocycles. The number of alkyl halides is 3. The van der Waals surface area contributed by atoms with Gasteiger partial charge < -0.3 is 5.11 Å². The van der Waals surface area contributed by atoms with Gasteiger partial charge >= 0.3 is 6.18 Å². The van der Waals surface area contributed by atoms with Gasteiger partial charge in [0.05, 0.1) is 5.56 Å². The first-order valence-corrected chi connectivity index (χ1v) is 6.13. The van der Waals surface area contributed by atoms with Crippen LogP contribution in [0.25, 0.3) is 5.65 Å². The van der Waals surface area contributed by atoms with Gasteiger partial charge in [0, 0.05) is 12.6 Å². The molecule has 0 radical (unpaired) electrons. The second-order valence-corrected chi connectivity index (χ2v) is 4.53. The van der Waals surface area contributed by atoms with E-state index in [9.17, 15) is 18.3 Å². The van der Waals surface area contributed by atoms with Crippen molar-refractivity contribution in [3.05, 3.63) is 59.5 Å². The lowest BCUT2D eigenvalue weighted by atomic mass is 10.0. The molecule has 0 aliphatic carbocycles. The van der Waals surface area contributed by atoms with Crippen LogP contribution in [0.3, 0.4) is 0 Å². The molecule has 0 unspecified atom stereocenters. The fourth-order valence-corrected chi connectivity index (χ4v) is 2.19. The van der Waals surface area contributed by atoms with Gasteiger partial charge in [-0.1, -0.05) is 18.2 Å². The largest absolute Gasteiger partial charge is 0.504 e. The Labute approximate surface area is 117 Å². The van der Waals surface area contributed by atoms with E-state index in [1.165, 1.54) is 22.6 Å². The van der Waals surface area contributed by atoms with Gasteiger partial charge in [0.1, 0.15) is 5.82 Å². The molecular formula is C14H10F3N3O. The standard InChI is InChI=1S/C14H10F3N3O/c15-14(16,17)10-5-2-1-4-9(10)8-12-18-19-13-11(21)6-3-7-20(12)13/h1-7,21H,8H2. The Bertz CT molecular complexity index is 796. The zero-order valence-electron chi connectivity index (χ0n) is 10.7. The summed E-state index contributed by atoms with van der Waals surface area (Å²) in [7, 11) is 0. The van der Waals surface area contributed by atoms with Crippen molar-refractivity contribution < 1.29 is 18.3 Å². The van der Waals surface area contributed by atoms with Crippen LogP contribution in [0.4, 0.5) is 13.2 Å². The van der Waals surface area contributed by atoms with Gasteiger partial charge in [0.25, 0.3) is 0 Å². The molecule has 0 bridgehead atoms. The molecule has 1 N–H and O–H groups in total. The third-order valence-corrected chi connectivity index (χ3v) is 3.16. The first-order valence-electron chi connectivity index (χ1n) is 6.13. The van der Waals surface area contributed by atoms with E-state index in [1.807, 2.05) is 0 Å². The number of rotatable bonds is 2. The minimum Gasteiger partial charge on any atom is -0.504 e. The summed E-state index contributed by atoms with van der Waals surface area (Å²) in [6.07, 6.45) is -2.85. The Balaban J connectivity index is 2.06. The van der Waals surface area contributed by atoms with Crippen LogP contribution in [0.15, 0.2) is 42.6 Å². The van der Waals surface area contributed by atoms with E-state index in [-0.39, 0.29) is 23.4 Å². The van der Waals surface area contributed by atoms with Crippen molar-refractivity contribution in [3.63, 3.8) is 0 Å². The van der Waals surface area contributed by atoms with Crippen molar-refractivity contribution in [1.82, 2.24) is 14.6 Å². The Morgan fingerprint density at radius 2 is 1.81 bits per heavy atom. The van der Waals surface area contributed by atoms with Gasteiger partial charge in [0.15, 0.2) is 5.75 Å². The predicted molar refractivity (Wildman–Crippen MR) is 68.9 cm³/mol. The maximum Gasteiger partial charge on any atom is 0.416 e. The van der Waals surface area contributed by atoms with Crippen LogP contribution in [0.2, 0.25) is 0 Å². The highest BCUT2D eigenvalue weighted by atomic mass is 19.4. The van der Waals surface area contributed by atoms with Crippen molar-refractivity contribution >= 4 is 5.65 Å². The molecule has 3 rings (SSSR count). The molecule has 0 saturated carbocycles. The van der Waals surface area contributed by atoms with Crippen LogP contribution in [0.5, 0.6) is 5.75 Å². The average molecular weight is 293 g/mol. The SMILES string of the molecule is Oc1cccn2c(Cc3ccccc3C(F)(F)F)nnc12. The highest BCUT2D eigenvalue weighted by Gasteiger charge is 2.33. The van der Waals surface area contributed by atoms with Crippen molar-refractivity contribution in [1.29, 1.82) is 0 Å². The van der Waals surface area contributed by atoms with E-state index in [2.05, 4.69) is 10.2 Å². The Morgan fingerprint density at radius 1 is 1.05 bits per heavy atom. The minimum atomic E-state index is -4.42. The van der Waals surface area contributed by atoms with E-state index in [1.54, 1.807) is 18.3 Å². The number of fused-ring (bicyclic) bond motifs is 1. The molecule has 108 valence electrons. The summed E-state index contributed by atoms with van der Waals surface area (Å²) in [5.74, 6) is 0.262. The van der Waals surface area contributed by atoms with Crippen molar-refractivity contribution in [3.8, 4) is 5.75 Å². The van der Waals surface area contributed by atoms with Gasteiger partial charge in [0.2, 0.25) is 5.65 Å². The number of aromatic nitrogens is 3. The lowest BCUT2D eigenvalue weighted by Gasteiger charge is -2.11. The molecule has 0 aliphatic rings. The van der Waals surface area contributed by atoms with Crippen LogP contribution >= 0.6 is 0 Å². The summed E-state index contributed by atoms with van der Waals surface area (Å²) < 4.78 is 40.4. The topological polar surface area (TPSA) is 50.4 Å². The lowest BCUT2D eigenvalue weighted by molar-refractivity contribution is -0.138. The van der Waals surface area contributed by atoms with Gasteiger partial charge in [-0.3, -0.25) is 4.40 Å². The fourth-order valence-electron chi connectivity index (χ4n) is 2.19. The van der Waals surface area contributed by atoms with Crippen LogP contribution < -0.4 is 0 Å². The zero-order chi connectivity index (χ0) is 15.0. The maximum atomic E-state index is 13.0. The minimum absolute atomic E-state index is 0.0275. The Morgan fingerprint density at radius 3 is 2.57 bits per heavy atom. The van der Waals surface area contributed by atoms with Crippen molar-refractivity contribution in [2.45, 2.75) is 12.6 Å². The molecule has 1 aromatic carbocycles. The normalized spacial score (nSPS) is 12.0. The lowest BCUT2D eigenvalue weighted by Crippen LogP contribution is -2.10. The van der Waals surface area contributed by atoms with Crippen LogP contribution in [0, 0.1) is 0 Å². The summed E-state index contributed by atoms with van der Waals surface area (Å²) >= 11 is 0. The zero-order valence-corrected chi connectivity index (χ0v) is 10.7. The molecule has 0 spiro atoms. The average Bonchev–Trinajstić information content (AvgIpc) is 2.83. The molecule has 4 nitrogen and oxygen atoms in total. The van der Waals surface area contributed by atoms with Crippen LogP contribution in [-0.2, 0) is 12.6 Å². The third-order valence-electron chi connectivity index (χ3n) is 3.16. The highest BCUT2D eigenvalue weighted by Crippen LogP contribution is 2.32. The number of aromatic hydroxyl groups is 1. The first-order chi connectivity index (χ1) is 9.97. The Hall–Kier alpha value is -2.57. The van der Waals surface area contributed by atoms with Gasteiger partial charge in [-0.2, -0.15) is 13.2 Å². The van der Waals surface area contributed by atoms with Gasteiger partial charge in [-0.25, -0.2) is 0 Å². The molecule has 2 aromatic heterocycles. The number of hydrogen-bond acceptors (Lipinski definition) is 3. The second kappa shape index (κ2) is 4.76. The number of benzene rings is 1. The van der Waals surface area contributed by atoms with Gasteiger partial charge in [-0.15, -0.1) is 10.2 Å². The Kier molecular flexibility index (Phi) is 3.04. The number of hydrogen-bond donors (Lipinski definition) is 1. The van der Waals surface area contributed by atoms with E-state index >= 15 is 0 Å². The predicted octanol–water partition coefficient (Wildman–Crippen LogP) is 3.04. The number of pyridine rings is 1. The van der Waals surface area contributed by atoms with E-state index in [4.69, 9.17) is 0 Å². The van der Waals surface area contributed by atoms with E-state index in [0.29, 0.717) is 5.82 Å². The van der Waals surface area contributed by atoms with Crippen molar-refractivity contribution in [2.75, 3.05) is 0 Å². The number of nitrogens with zero attached hydrogens (tertiary/aromatic N) is 3. The van der Waals surface area contributed by atoms with Crippen LogP contribution in [-0.4, -0.2) is 19.7 Å². The molecule has 21 heavy (non-hydrogen) atoms. The highest BCUT2D eigenvalue weighted by molar-refractivity contribution is 5.52. The molecule has 2 heterocycles. The third kappa shape index (κ3) is 2.42. The quantitative estimate of drug-likeness (QED) is 0.790. The molecular weight excluding hydrogens is 283 g/mol. The summed E-state index contributed by atoms with van der Waals surface area (Å²) in [6, 6.07) is 8.36. The molecule has 0 atom stereocenters. The van der Waals surface area contributed by atoms with Crippen LogP contribution in [0.1, 0.15) is 17.0 Å². The molecule has 0 fully saturated rings. The summed E-state index contributed by atoms with van der Waals surface area (Å²) in [6.45, 7) is 0. The smallest absolute Gasteiger partial charge is 0.416 e. The summed E-state index contributed by atoms with van der Waals surface area (Å²) in [5, 5.41) is 17.3. The van der Waals surface area contributed by atoms with E-state index in [0.717, 1.165) is 6.07 Å². The van der Waals surface area contributed by atoms with E-state index < -0.39 is 11.7 Å². The van der Waals surface area contributed by atoms with Gasteiger partial charge in [-0.05, 0) is 23.8 Å². The summed E-state index contributed by atoms with van der Waals surface area (Å²) in [5.41, 5.74) is -0.360. The molecule has 0 aliphatic heterocycles. The molecule has 0 amide bonds. The molecule has 7 heteroatoms. The van der Waals surface area contributed by atoms with Crippen molar-refractivity contribution in [2.24, 2.45) is 0 Å². The number of halogens is 3. The molecule has 3 aromatic rings. The fraction of sp³-hybridized carbons (Fsp3) is 0.143.